The van der Waals surface area contributed by atoms with Gasteiger partial charge in [-0.1, -0.05) is 12.1 Å². The number of hydrogen-bond donors (Lipinski definition) is 4. The molecule has 1 aromatic carbocycles. The van der Waals surface area contributed by atoms with Gasteiger partial charge in [-0.2, -0.15) is 4.68 Å². The fourth-order valence-corrected chi connectivity index (χ4v) is 1.45. The Morgan fingerprint density at radius 3 is 2.47 bits per heavy atom. The number of hydrazine groups is 1. The molecule has 0 saturated heterocycles. The Morgan fingerprint density at radius 2 is 1.89 bits per heavy atom. The molecule has 2 aromatic rings. The van der Waals surface area contributed by atoms with Gasteiger partial charge in [-0.3, -0.25) is 10.2 Å². The van der Waals surface area contributed by atoms with E-state index in [1.54, 1.807) is 12.1 Å². The van der Waals surface area contributed by atoms with Crippen LogP contribution in [0.3, 0.4) is 0 Å². The highest BCUT2D eigenvalue weighted by atomic mass is 35.5. The summed E-state index contributed by atoms with van der Waals surface area (Å²) in [6, 6.07) is 6.43. The molecule has 0 aliphatic rings. The molecular formula is C10H13ClN6O2. The maximum atomic E-state index is 11.8. The second-order valence-electron chi connectivity index (χ2n) is 3.63. The van der Waals surface area contributed by atoms with Gasteiger partial charge in [0, 0.05) is 6.42 Å². The van der Waals surface area contributed by atoms with Crippen LogP contribution >= 0.6 is 12.4 Å². The molecule has 2 rings (SSSR count). The van der Waals surface area contributed by atoms with Gasteiger partial charge in [0.05, 0.1) is 0 Å². The lowest BCUT2D eigenvalue weighted by Gasteiger charge is -2.06. The number of nitrogens with one attached hydrogen (secondary N) is 1. The van der Waals surface area contributed by atoms with Gasteiger partial charge in [-0.15, -0.1) is 22.6 Å². The lowest BCUT2D eigenvalue weighted by Crippen LogP contribution is -2.35. The van der Waals surface area contributed by atoms with Crippen molar-refractivity contribution in [2.45, 2.75) is 6.42 Å². The molecule has 19 heavy (non-hydrogen) atoms. The number of phenolic OH excluding ortho intramolecular Hbond substituents is 1. The predicted octanol–water partition coefficient (Wildman–Crippen LogP) is -0.644. The number of hydrogen-bond acceptors (Lipinski definition) is 7. The topological polar surface area (TPSA) is 132 Å². The van der Waals surface area contributed by atoms with Gasteiger partial charge in [-0.25, -0.2) is 5.84 Å². The third-order valence-electron chi connectivity index (χ3n) is 2.40. The molecule has 0 unspecified atom stereocenters. The van der Waals surface area contributed by atoms with Crippen molar-refractivity contribution in [2.24, 2.45) is 5.84 Å². The number of anilines is 1. The van der Waals surface area contributed by atoms with Crippen LogP contribution in [0.2, 0.25) is 0 Å². The summed E-state index contributed by atoms with van der Waals surface area (Å²) in [5.41, 5.74) is 2.69. The Bertz CT molecular complexity index is 612. The molecule has 0 radical (unpaired) electrons. The average Bonchev–Trinajstić information content (AvgIpc) is 2.38. The number of halogens is 1. The zero-order valence-electron chi connectivity index (χ0n) is 9.78. The molecule has 0 bridgehead atoms. The van der Waals surface area contributed by atoms with Crippen LogP contribution in [0.25, 0.3) is 0 Å². The summed E-state index contributed by atoms with van der Waals surface area (Å²) < 4.78 is 0.794. The smallest absolute Gasteiger partial charge is 0.295 e. The minimum absolute atomic E-state index is 0. The van der Waals surface area contributed by atoms with Crippen LogP contribution in [0, 0.1) is 0 Å². The lowest BCUT2D eigenvalue weighted by molar-refractivity contribution is 0.475. The third kappa shape index (κ3) is 3.12. The second-order valence-corrected chi connectivity index (χ2v) is 3.63. The van der Waals surface area contributed by atoms with Crippen molar-refractivity contribution in [1.82, 2.24) is 14.9 Å². The molecule has 102 valence electrons. The van der Waals surface area contributed by atoms with E-state index in [2.05, 4.69) is 15.6 Å². The number of aromatic nitrogens is 3. The molecule has 8 nitrogen and oxygen atoms in total. The van der Waals surface area contributed by atoms with Crippen LogP contribution < -0.4 is 22.7 Å². The summed E-state index contributed by atoms with van der Waals surface area (Å²) >= 11 is 0. The Morgan fingerprint density at radius 1 is 1.26 bits per heavy atom. The average molecular weight is 285 g/mol. The first-order chi connectivity index (χ1) is 8.61. The normalized spacial score (nSPS) is 9.74. The van der Waals surface area contributed by atoms with Gasteiger partial charge in [0.25, 0.3) is 11.5 Å². The molecule has 9 heteroatoms. The van der Waals surface area contributed by atoms with Crippen molar-refractivity contribution in [2.75, 3.05) is 11.3 Å². The molecule has 0 aliphatic carbocycles. The molecule has 0 saturated carbocycles. The highest BCUT2D eigenvalue weighted by molar-refractivity contribution is 5.85. The van der Waals surface area contributed by atoms with E-state index in [0.29, 0.717) is 0 Å². The van der Waals surface area contributed by atoms with E-state index >= 15 is 0 Å². The Balaban J connectivity index is 0.00000180. The molecule has 0 atom stereocenters. The Labute approximate surface area is 114 Å². The zero-order chi connectivity index (χ0) is 13.1. The van der Waals surface area contributed by atoms with E-state index in [0.717, 1.165) is 10.2 Å². The van der Waals surface area contributed by atoms with Gasteiger partial charge < -0.3 is 10.9 Å². The fraction of sp³-hybridized carbons (Fsp3) is 0.100. The third-order valence-corrected chi connectivity index (χ3v) is 2.40. The largest absolute Gasteiger partial charge is 0.508 e. The van der Waals surface area contributed by atoms with Crippen molar-refractivity contribution in [3.8, 4) is 5.75 Å². The summed E-state index contributed by atoms with van der Waals surface area (Å²) in [7, 11) is 0. The maximum absolute atomic E-state index is 11.8. The van der Waals surface area contributed by atoms with Crippen LogP contribution in [-0.4, -0.2) is 20.0 Å². The number of benzene rings is 1. The summed E-state index contributed by atoms with van der Waals surface area (Å²) in [6.45, 7) is 0. The Hall–Kier alpha value is -2.32. The van der Waals surface area contributed by atoms with Gasteiger partial charge in [0.2, 0.25) is 0 Å². The van der Waals surface area contributed by atoms with E-state index < -0.39 is 5.56 Å². The van der Waals surface area contributed by atoms with E-state index in [1.807, 2.05) is 0 Å². The first kappa shape index (κ1) is 14.7. The molecule has 1 heterocycles. The van der Waals surface area contributed by atoms with Crippen molar-refractivity contribution in [3.63, 3.8) is 0 Å². The fourth-order valence-electron chi connectivity index (χ4n) is 1.45. The van der Waals surface area contributed by atoms with E-state index in [9.17, 15) is 4.79 Å². The molecule has 0 spiro atoms. The van der Waals surface area contributed by atoms with Crippen molar-refractivity contribution in [3.05, 3.63) is 45.9 Å². The number of phenols is 1. The number of rotatable bonds is 3. The maximum Gasteiger partial charge on any atom is 0.295 e. The van der Waals surface area contributed by atoms with Crippen molar-refractivity contribution < 1.29 is 5.11 Å². The van der Waals surface area contributed by atoms with Gasteiger partial charge in [0.15, 0.2) is 0 Å². The van der Waals surface area contributed by atoms with Crippen molar-refractivity contribution >= 4 is 18.4 Å². The molecule has 0 aliphatic heterocycles. The highest BCUT2D eigenvalue weighted by Gasteiger charge is 2.09. The standard InChI is InChI=1S/C10H12N6O2.ClH/c11-13-10-15-14-8(9(18)16(10)12)5-6-1-3-7(17)4-2-6;/h1-4,17H,5,11-12H2,(H,13,15);1H. The minimum atomic E-state index is -0.481. The predicted molar refractivity (Wildman–Crippen MR) is 72.4 cm³/mol. The van der Waals surface area contributed by atoms with Crippen LogP contribution in [-0.2, 0) is 6.42 Å². The molecular weight excluding hydrogens is 272 g/mol. The molecule has 0 fully saturated rings. The SMILES string of the molecule is Cl.NNc1nnc(Cc2ccc(O)cc2)c(=O)n1N. The number of aromatic hydroxyl groups is 1. The molecule has 6 N–H and O–H groups in total. The summed E-state index contributed by atoms with van der Waals surface area (Å²) in [6.07, 6.45) is 0.272. The number of nitrogens with zero attached hydrogens (tertiary/aromatic N) is 3. The van der Waals surface area contributed by atoms with Crippen LogP contribution in [0.4, 0.5) is 5.95 Å². The molecule has 0 amide bonds. The Kier molecular flexibility index (Phi) is 4.67. The van der Waals surface area contributed by atoms with E-state index in [-0.39, 0.29) is 36.2 Å². The zero-order valence-corrected chi connectivity index (χ0v) is 10.6. The summed E-state index contributed by atoms with van der Waals surface area (Å²) in [5, 5.41) is 16.6. The quantitative estimate of drug-likeness (QED) is 0.435. The summed E-state index contributed by atoms with van der Waals surface area (Å²) in [5.74, 6) is 10.7. The first-order valence-electron chi connectivity index (χ1n) is 5.10. The van der Waals surface area contributed by atoms with Gasteiger partial charge in [0.1, 0.15) is 11.4 Å². The van der Waals surface area contributed by atoms with Crippen molar-refractivity contribution in [1.29, 1.82) is 0 Å². The summed E-state index contributed by atoms with van der Waals surface area (Å²) in [4.78, 5) is 11.8. The van der Waals surface area contributed by atoms with Crippen LogP contribution in [0.5, 0.6) is 5.75 Å². The minimum Gasteiger partial charge on any atom is -0.508 e. The second kappa shape index (κ2) is 6.03. The molecule has 1 aromatic heterocycles. The number of nitrogen functional groups attached to an aromatic ring is 2. The lowest BCUT2D eigenvalue weighted by atomic mass is 10.1. The van der Waals surface area contributed by atoms with Gasteiger partial charge in [-0.05, 0) is 17.7 Å². The number of nitrogens with two attached hydrogens (primary N) is 2. The van der Waals surface area contributed by atoms with E-state index in [4.69, 9.17) is 16.8 Å². The van der Waals surface area contributed by atoms with Crippen LogP contribution in [0.15, 0.2) is 29.1 Å². The monoisotopic (exact) mass is 284 g/mol. The van der Waals surface area contributed by atoms with Crippen LogP contribution in [0.1, 0.15) is 11.3 Å². The first-order valence-corrected chi connectivity index (χ1v) is 5.10. The van der Waals surface area contributed by atoms with E-state index in [1.165, 1.54) is 12.1 Å². The van der Waals surface area contributed by atoms with Gasteiger partial charge >= 0.3 is 0 Å². The highest BCUT2D eigenvalue weighted by Crippen LogP contribution is 2.11.